The first kappa shape index (κ1) is 35.1. The lowest BCUT2D eigenvalue weighted by Gasteiger charge is -2.20. The summed E-state index contributed by atoms with van der Waals surface area (Å²) < 4.78 is 6.18. The molecule has 0 amide bonds. The zero-order valence-corrected chi connectivity index (χ0v) is 29.0. The maximum Gasteiger partial charge on any atom is 0.208 e. The molecular weight excluding hydrogens is 760 g/mol. The van der Waals surface area contributed by atoms with E-state index in [-0.39, 0.29) is 27.5 Å². The zero-order chi connectivity index (χ0) is 41.4. The van der Waals surface area contributed by atoms with Crippen LogP contribution in [0.3, 0.4) is 0 Å². The van der Waals surface area contributed by atoms with Crippen molar-refractivity contribution in [2.24, 2.45) is 0 Å². The van der Waals surface area contributed by atoms with Crippen molar-refractivity contribution in [3.8, 4) is 120 Å². The maximum atomic E-state index is 11.4. The maximum absolute atomic E-state index is 11.4. The molecule has 0 fully saturated rings. The number of furan rings is 1. The Bertz CT molecular complexity index is 3260. The Hall–Kier alpha value is -8.66. The van der Waals surface area contributed by atoms with E-state index in [1.807, 2.05) is 0 Å². The molecule has 1 aromatic heterocycles. The highest BCUT2D eigenvalue weighted by Crippen LogP contribution is 2.63. The van der Waals surface area contributed by atoms with Crippen LogP contribution in [0, 0.1) is 0 Å². The predicted octanol–water partition coefficient (Wildman–Crippen LogP) is 7.63. The second kappa shape index (κ2) is 11.7. The molecule has 16 heteroatoms. The SMILES string of the molecule is Oc1c(O)c(O)c(-c2c3ccccc3c(-c3ccc4c(c3)oc3c(-c5c(O)c(O)c6c(O)c(O)c(O)c(O)c6c5O)c(O)c(O)c(O)c34)c3ccccc23)c(O)c1O. The van der Waals surface area contributed by atoms with E-state index < -0.39 is 114 Å². The predicted molar refractivity (Wildman–Crippen MR) is 208 cm³/mol. The Morgan fingerprint density at radius 1 is 0.276 bits per heavy atom. The third-order valence-electron chi connectivity index (χ3n) is 10.5. The molecule has 0 unspecified atom stereocenters. The number of fused-ring (bicyclic) bond motifs is 6. The van der Waals surface area contributed by atoms with E-state index in [1.165, 1.54) is 12.1 Å². The van der Waals surface area contributed by atoms with Crippen molar-refractivity contribution in [2.45, 2.75) is 0 Å². The molecule has 290 valence electrons. The first-order valence-electron chi connectivity index (χ1n) is 16.9. The summed E-state index contributed by atoms with van der Waals surface area (Å²) in [5, 5.41) is 161. The number of aromatic hydroxyl groups is 15. The van der Waals surface area contributed by atoms with Crippen LogP contribution in [0.15, 0.2) is 71.1 Å². The van der Waals surface area contributed by atoms with Crippen molar-refractivity contribution in [2.75, 3.05) is 0 Å². The van der Waals surface area contributed by atoms with Crippen LogP contribution in [-0.2, 0) is 0 Å². The lowest BCUT2D eigenvalue weighted by atomic mass is 9.85. The van der Waals surface area contributed by atoms with Crippen LogP contribution < -0.4 is 0 Å². The van der Waals surface area contributed by atoms with Gasteiger partial charge in [0.15, 0.2) is 51.6 Å². The molecule has 0 aliphatic heterocycles. The summed E-state index contributed by atoms with van der Waals surface area (Å²) in [5.74, 6) is -17.0. The van der Waals surface area contributed by atoms with Gasteiger partial charge in [0.25, 0.3) is 0 Å². The summed E-state index contributed by atoms with van der Waals surface area (Å²) in [4.78, 5) is 0. The standard InChI is InChI=1S/C42H26O16/c43-27-23-24(34(50)38(54)37(53)33(23)49)29(45)30(46)25(27)26-35(51)36(52)28(44)21-17-10-9-12(11-18(17)58-42(21)26)19-13-5-1-3-7-15(13)20(16-8-4-2-6-14(16)19)22-31(47)39(55)41(57)40(56)32(22)48/h1-11,43-57H. The van der Waals surface area contributed by atoms with Gasteiger partial charge >= 0.3 is 0 Å². The van der Waals surface area contributed by atoms with E-state index in [0.29, 0.717) is 32.7 Å². The molecule has 58 heavy (non-hydrogen) atoms. The van der Waals surface area contributed by atoms with Crippen molar-refractivity contribution in [1.82, 2.24) is 0 Å². The number of benzene rings is 8. The molecule has 0 spiro atoms. The average Bonchev–Trinajstić information content (AvgIpc) is 3.60. The monoisotopic (exact) mass is 786 g/mol. The second-order valence-electron chi connectivity index (χ2n) is 13.5. The number of phenolic OH excluding ortho intramolecular Hbond substituents is 15. The Balaban J connectivity index is 1.36. The van der Waals surface area contributed by atoms with Crippen molar-refractivity contribution in [1.29, 1.82) is 0 Å². The highest BCUT2D eigenvalue weighted by Gasteiger charge is 2.34. The van der Waals surface area contributed by atoms with Gasteiger partial charge in [-0.3, -0.25) is 0 Å². The number of rotatable bonds is 3. The topological polar surface area (TPSA) is 317 Å². The first-order chi connectivity index (χ1) is 27.6. The quantitative estimate of drug-likeness (QED) is 0.0465. The van der Waals surface area contributed by atoms with E-state index in [2.05, 4.69) is 0 Å². The molecule has 0 radical (unpaired) electrons. The Kier molecular flexibility index (Phi) is 7.06. The number of hydrogen-bond acceptors (Lipinski definition) is 16. The minimum atomic E-state index is -1.31. The molecule has 16 nitrogen and oxygen atoms in total. The van der Waals surface area contributed by atoms with Crippen LogP contribution in [-0.4, -0.2) is 76.6 Å². The van der Waals surface area contributed by atoms with E-state index in [4.69, 9.17) is 4.42 Å². The molecule has 15 N–H and O–H groups in total. The summed E-state index contributed by atoms with van der Waals surface area (Å²) in [5.41, 5.74) is -1.29. The highest BCUT2D eigenvalue weighted by atomic mass is 16.4. The lowest BCUT2D eigenvalue weighted by molar-refractivity contribution is 0.330. The zero-order valence-electron chi connectivity index (χ0n) is 29.0. The van der Waals surface area contributed by atoms with Gasteiger partial charge in [-0.05, 0) is 44.8 Å². The van der Waals surface area contributed by atoms with Crippen molar-refractivity contribution < 1.29 is 81.0 Å². The summed E-state index contributed by atoms with van der Waals surface area (Å²) in [6, 6.07) is 18.2. The molecule has 1 heterocycles. The molecule has 0 bridgehead atoms. The van der Waals surface area contributed by atoms with E-state index in [0.717, 1.165) is 0 Å². The van der Waals surface area contributed by atoms with Gasteiger partial charge in [-0.2, -0.15) is 0 Å². The normalized spacial score (nSPS) is 11.8. The van der Waals surface area contributed by atoms with Gasteiger partial charge in [-0.15, -0.1) is 0 Å². The smallest absolute Gasteiger partial charge is 0.208 e. The van der Waals surface area contributed by atoms with E-state index in [1.54, 1.807) is 54.6 Å². The van der Waals surface area contributed by atoms with Gasteiger partial charge in [0.05, 0.1) is 32.8 Å². The molecular formula is C42H26O16. The molecule has 0 atom stereocenters. The number of phenols is 15. The molecule has 0 saturated heterocycles. The minimum Gasteiger partial charge on any atom is -0.506 e. The van der Waals surface area contributed by atoms with Gasteiger partial charge in [-0.25, -0.2) is 0 Å². The molecule has 9 rings (SSSR count). The van der Waals surface area contributed by atoms with Gasteiger partial charge in [0, 0.05) is 10.9 Å². The van der Waals surface area contributed by atoms with E-state index >= 15 is 0 Å². The van der Waals surface area contributed by atoms with Crippen LogP contribution in [0.1, 0.15) is 0 Å². The molecule has 8 aromatic carbocycles. The van der Waals surface area contributed by atoms with Gasteiger partial charge in [0.2, 0.25) is 34.5 Å². The Morgan fingerprint density at radius 2 is 0.638 bits per heavy atom. The fourth-order valence-corrected chi connectivity index (χ4v) is 7.85. The third-order valence-corrected chi connectivity index (χ3v) is 10.5. The van der Waals surface area contributed by atoms with Crippen molar-refractivity contribution >= 4 is 54.3 Å². The first-order valence-corrected chi connectivity index (χ1v) is 16.9. The largest absolute Gasteiger partial charge is 0.506 e. The van der Waals surface area contributed by atoms with E-state index in [9.17, 15) is 76.6 Å². The van der Waals surface area contributed by atoms with Crippen LogP contribution in [0.5, 0.6) is 86.2 Å². The Labute approximate surface area is 321 Å². The van der Waals surface area contributed by atoms with Crippen LogP contribution in [0.25, 0.3) is 87.6 Å². The summed E-state index contributed by atoms with van der Waals surface area (Å²) >= 11 is 0. The third kappa shape index (κ3) is 4.27. The fourth-order valence-electron chi connectivity index (χ4n) is 7.85. The van der Waals surface area contributed by atoms with Crippen LogP contribution >= 0.6 is 0 Å². The Morgan fingerprint density at radius 3 is 1.17 bits per heavy atom. The van der Waals surface area contributed by atoms with Crippen LogP contribution in [0.4, 0.5) is 0 Å². The van der Waals surface area contributed by atoms with Gasteiger partial charge < -0.3 is 81.0 Å². The summed E-state index contributed by atoms with van der Waals surface area (Å²) in [6.45, 7) is 0. The molecule has 9 aromatic rings. The minimum absolute atomic E-state index is 0.0120. The van der Waals surface area contributed by atoms with Gasteiger partial charge in [-0.1, -0.05) is 54.6 Å². The summed E-state index contributed by atoms with van der Waals surface area (Å²) in [6.07, 6.45) is 0. The fraction of sp³-hybridized carbons (Fsp3) is 0. The second-order valence-corrected chi connectivity index (χ2v) is 13.5. The molecule has 0 aliphatic carbocycles. The molecule has 0 saturated carbocycles. The highest BCUT2D eigenvalue weighted by molar-refractivity contribution is 6.24. The van der Waals surface area contributed by atoms with Crippen LogP contribution in [0.2, 0.25) is 0 Å². The molecule has 0 aliphatic rings. The number of hydrogen-bond donors (Lipinski definition) is 15. The average molecular weight is 787 g/mol. The summed E-state index contributed by atoms with van der Waals surface area (Å²) in [7, 11) is 0. The van der Waals surface area contributed by atoms with Crippen molar-refractivity contribution in [3.63, 3.8) is 0 Å². The van der Waals surface area contributed by atoms with Gasteiger partial charge in [0.1, 0.15) is 11.3 Å². The lowest BCUT2D eigenvalue weighted by Crippen LogP contribution is -1.92. The van der Waals surface area contributed by atoms with Crippen molar-refractivity contribution in [3.05, 3.63) is 66.7 Å².